The van der Waals surface area contributed by atoms with E-state index >= 15 is 0 Å². The van der Waals surface area contributed by atoms with E-state index in [0.717, 1.165) is 31.1 Å². The first-order valence-corrected chi connectivity index (χ1v) is 11.1. The number of nitrogens with one attached hydrogen (secondary N) is 2. The van der Waals surface area contributed by atoms with E-state index < -0.39 is 7.14 Å². The van der Waals surface area contributed by atoms with Crippen molar-refractivity contribution in [2.45, 2.75) is 11.3 Å². The van der Waals surface area contributed by atoms with E-state index in [1.54, 1.807) is 25.7 Å². The molecule has 0 aliphatic heterocycles. The van der Waals surface area contributed by atoms with Crippen LogP contribution in [-0.2, 0) is 4.57 Å². The van der Waals surface area contributed by atoms with Crippen LogP contribution in [0.5, 0.6) is 0 Å². The Hall–Kier alpha value is -1.74. The molecule has 8 heteroatoms. The molecule has 0 bridgehead atoms. The summed E-state index contributed by atoms with van der Waals surface area (Å²) in [4.78, 5) is 7.46. The Labute approximate surface area is 142 Å². The van der Waals surface area contributed by atoms with Crippen LogP contribution in [0.3, 0.4) is 0 Å². The van der Waals surface area contributed by atoms with E-state index in [4.69, 9.17) is 0 Å². The highest BCUT2D eigenvalue weighted by Crippen LogP contribution is 2.39. The summed E-state index contributed by atoms with van der Waals surface area (Å²) in [5.41, 5.74) is 3.50. The maximum atomic E-state index is 12.1. The fraction of sp³-hybridized carbons (Fsp3) is 0.200. The lowest BCUT2D eigenvalue weighted by molar-refractivity contribution is 0.588. The number of rotatable bonds is 4. The number of thiazole rings is 1. The molecule has 3 rings (SSSR count). The van der Waals surface area contributed by atoms with Crippen molar-refractivity contribution in [1.82, 2.24) is 9.97 Å². The average Bonchev–Trinajstić information content (AvgIpc) is 3.13. The normalized spacial score (nSPS) is 11.6. The summed E-state index contributed by atoms with van der Waals surface area (Å²) in [6.45, 7) is 5.48. The molecule has 1 aromatic carbocycles. The van der Waals surface area contributed by atoms with E-state index in [-0.39, 0.29) is 0 Å². The molecule has 3 aromatic rings. The predicted octanol–water partition coefficient (Wildman–Crippen LogP) is 4.17. The first-order chi connectivity index (χ1) is 10.9. The zero-order valence-electron chi connectivity index (χ0n) is 12.9. The smallest absolute Gasteiger partial charge is 0.171 e. The van der Waals surface area contributed by atoms with Crippen LogP contribution in [-0.4, -0.2) is 23.3 Å². The van der Waals surface area contributed by atoms with Crippen molar-refractivity contribution in [2.24, 2.45) is 0 Å². The first kappa shape index (κ1) is 16.1. The topological polar surface area (TPSA) is 81.6 Å². The summed E-state index contributed by atoms with van der Waals surface area (Å²) in [5, 5.41) is 10.1. The quantitative estimate of drug-likeness (QED) is 0.538. The number of hydrogen-bond acceptors (Lipinski definition) is 6. The van der Waals surface area contributed by atoms with Gasteiger partial charge in [-0.1, -0.05) is 6.07 Å². The van der Waals surface area contributed by atoms with Crippen LogP contribution in [0.4, 0.5) is 5.69 Å². The number of nitrogens with zero attached hydrogens (tertiary/aromatic N) is 2. The molecule has 0 atom stereocenters. The van der Waals surface area contributed by atoms with Crippen molar-refractivity contribution in [1.29, 1.82) is 5.26 Å². The molecule has 2 heterocycles. The fourth-order valence-electron chi connectivity index (χ4n) is 2.24. The second kappa shape index (κ2) is 6.04. The van der Waals surface area contributed by atoms with Gasteiger partial charge in [-0.15, -0.1) is 11.3 Å². The van der Waals surface area contributed by atoms with Gasteiger partial charge in [0.05, 0.1) is 27.6 Å². The molecule has 0 amide bonds. The summed E-state index contributed by atoms with van der Waals surface area (Å²) in [6, 6.07) is 6.16. The largest absolute Gasteiger partial charge is 0.358 e. The summed E-state index contributed by atoms with van der Waals surface area (Å²) in [6.07, 6.45) is 3.40. The van der Waals surface area contributed by atoms with Gasteiger partial charge < -0.3 is 14.3 Å². The number of fused-ring (bicyclic) bond motifs is 1. The van der Waals surface area contributed by atoms with Crippen LogP contribution in [0.15, 0.2) is 28.9 Å². The van der Waals surface area contributed by atoms with Crippen molar-refractivity contribution in [3.05, 3.63) is 35.7 Å². The Balaban J connectivity index is 1.87. The number of H-pyrrole nitrogens is 1. The highest BCUT2D eigenvalue weighted by molar-refractivity contribution is 8.02. The van der Waals surface area contributed by atoms with Crippen molar-refractivity contribution in [3.63, 3.8) is 0 Å². The van der Waals surface area contributed by atoms with E-state index in [2.05, 4.69) is 20.8 Å². The van der Waals surface area contributed by atoms with Gasteiger partial charge >= 0.3 is 0 Å². The molecule has 0 saturated carbocycles. The van der Waals surface area contributed by atoms with E-state index in [9.17, 15) is 9.83 Å². The molecule has 0 aliphatic carbocycles. The predicted molar refractivity (Wildman–Crippen MR) is 98.4 cm³/mol. The van der Waals surface area contributed by atoms with E-state index in [1.807, 2.05) is 19.1 Å². The lowest BCUT2D eigenvalue weighted by Crippen LogP contribution is -1.94. The number of benzene rings is 1. The molecule has 0 unspecified atom stereocenters. The maximum Gasteiger partial charge on any atom is 0.171 e. The molecule has 0 fully saturated rings. The molecule has 2 aromatic heterocycles. The molecule has 0 aliphatic rings. The summed E-state index contributed by atoms with van der Waals surface area (Å²) >= 11 is 2.82. The zero-order valence-corrected chi connectivity index (χ0v) is 15.4. The van der Waals surface area contributed by atoms with Crippen molar-refractivity contribution in [3.8, 4) is 6.07 Å². The Morgan fingerprint density at radius 1 is 1.43 bits per heavy atom. The standard InChI is InChI=1S/C15H15N4OPS2/c1-9-4-5-11(14-13(9)10(6-16)7-17-14)19-23-15-18-8-12(22-15)21(2,3)20/h4-5,7-8,17,19H,1-3H3. The molecular formula is C15H15N4OPS2. The monoisotopic (exact) mass is 362 g/mol. The minimum atomic E-state index is -2.27. The average molecular weight is 362 g/mol. The Bertz CT molecular complexity index is 964. The van der Waals surface area contributed by atoms with Crippen molar-refractivity contribution in [2.75, 3.05) is 18.1 Å². The molecule has 5 nitrogen and oxygen atoms in total. The van der Waals surface area contributed by atoms with Crippen molar-refractivity contribution < 1.29 is 4.57 Å². The van der Waals surface area contributed by atoms with Gasteiger partial charge in [0.2, 0.25) is 0 Å². The number of aromatic amines is 1. The van der Waals surface area contributed by atoms with Gasteiger partial charge in [-0.05, 0) is 31.9 Å². The van der Waals surface area contributed by atoms with Gasteiger partial charge in [-0.3, -0.25) is 0 Å². The number of hydrogen-bond donors (Lipinski definition) is 2. The molecule has 0 saturated heterocycles. The summed E-state index contributed by atoms with van der Waals surface area (Å²) < 4.78 is 17.0. The SMILES string of the molecule is Cc1ccc(NSc2ncc(P(C)(C)=O)s2)c2[nH]cc(C#N)c12. The van der Waals surface area contributed by atoms with Crippen LogP contribution in [0, 0.1) is 18.3 Å². The molecule has 0 spiro atoms. The van der Waals surface area contributed by atoms with Gasteiger partial charge in [0, 0.05) is 23.5 Å². The molecule has 118 valence electrons. The second-order valence-corrected chi connectivity index (χ2v) is 11.1. The van der Waals surface area contributed by atoms with Crippen molar-refractivity contribution >= 4 is 51.6 Å². The number of aryl methyl sites for hydroxylation is 1. The highest BCUT2D eigenvalue weighted by atomic mass is 32.2. The third-order valence-corrected chi connectivity index (χ3v) is 7.88. The van der Waals surface area contributed by atoms with Gasteiger partial charge in [0.15, 0.2) is 4.34 Å². The van der Waals surface area contributed by atoms with Crippen LogP contribution in [0.25, 0.3) is 10.9 Å². The number of nitriles is 1. The maximum absolute atomic E-state index is 12.1. The third kappa shape index (κ3) is 3.16. The Morgan fingerprint density at radius 2 is 2.22 bits per heavy atom. The molecule has 2 N–H and O–H groups in total. The lowest BCUT2D eigenvalue weighted by atomic mass is 10.1. The van der Waals surface area contributed by atoms with Crippen LogP contribution >= 0.6 is 30.4 Å². The van der Waals surface area contributed by atoms with Crippen LogP contribution in [0.2, 0.25) is 0 Å². The molecular weight excluding hydrogens is 347 g/mol. The van der Waals surface area contributed by atoms with Gasteiger partial charge in [0.1, 0.15) is 13.2 Å². The van der Waals surface area contributed by atoms with Gasteiger partial charge in [-0.25, -0.2) is 4.98 Å². The van der Waals surface area contributed by atoms with E-state index in [1.165, 1.54) is 23.3 Å². The highest BCUT2D eigenvalue weighted by Gasteiger charge is 2.16. The number of aromatic nitrogens is 2. The first-order valence-electron chi connectivity index (χ1n) is 6.85. The minimum absolute atomic E-state index is 0.639. The van der Waals surface area contributed by atoms with E-state index in [0.29, 0.717) is 5.56 Å². The third-order valence-electron chi connectivity index (χ3n) is 3.42. The minimum Gasteiger partial charge on any atom is -0.358 e. The Morgan fingerprint density at radius 3 is 2.87 bits per heavy atom. The zero-order chi connectivity index (χ0) is 16.6. The number of anilines is 1. The lowest BCUT2D eigenvalue weighted by Gasteiger charge is -2.06. The summed E-state index contributed by atoms with van der Waals surface area (Å²) in [7, 11) is -2.27. The van der Waals surface area contributed by atoms with Gasteiger partial charge in [0.25, 0.3) is 0 Å². The fourth-order valence-corrected chi connectivity index (χ4v) is 5.32. The van der Waals surface area contributed by atoms with Crippen LogP contribution < -0.4 is 9.34 Å². The second-order valence-electron chi connectivity index (χ2n) is 5.51. The molecule has 23 heavy (non-hydrogen) atoms. The molecule has 0 radical (unpaired) electrons. The van der Waals surface area contributed by atoms with Crippen LogP contribution in [0.1, 0.15) is 11.1 Å². The Kier molecular flexibility index (Phi) is 4.24. The summed E-state index contributed by atoms with van der Waals surface area (Å²) in [5.74, 6) is 0. The van der Waals surface area contributed by atoms with Gasteiger partial charge in [-0.2, -0.15) is 5.26 Å².